The fraction of sp³-hybridized carbons (Fsp3) is 0.0952. The number of anilines is 2. The molecule has 1 amide bonds. The van der Waals surface area contributed by atoms with Crippen molar-refractivity contribution in [2.45, 2.75) is 18.0 Å². The molecule has 0 fully saturated rings. The van der Waals surface area contributed by atoms with Crippen molar-refractivity contribution in [3.05, 3.63) is 88.4 Å². The zero-order valence-corrected chi connectivity index (χ0v) is 17.0. The summed E-state index contributed by atoms with van der Waals surface area (Å²) in [6.45, 7) is 1.89. The quantitative estimate of drug-likeness (QED) is 0.581. The molecule has 0 saturated carbocycles. The number of sulfonamides is 1. The number of rotatable bonds is 3. The number of hydrogen-bond acceptors (Lipinski definition) is 4. The highest BCUT2D eigenvalue weighted by Crippen LogP contribution is 2.30. The van der Waals surface area contributed by atoms with Gasteiger partial charge in [-0.1, -0.05) is 41.9 Å². The van der Waals surface area contributed by atoms with Gasteiger partial charge < -0.3 is 10.6 Å². The van der Waals surface area contributed by atoms with Crippen molar-refractivity contribution >= 4 is 38.9 Å². The topological polar surface area (TPSA) is 87.3 Å². The molecule has 3 N–H and O–H groups in total. The molecule has 29 heavy (non-hydrogen) atoms. The molecule has 0 aliphatic carbocycles. The van der Waals surface area contributed by atoms with Crippen LogP contribution in [0.2, 0.25) is 5.02 Å². The van der Waals surface area contributed by atoms with Gasteiger partial charge in [-0.15, -0.1) is 0 Å². The van der Waals surface area contributed by atoms with Crippen LogP contribution >= 0.6 is 11.6 Å². The predicted molar refractivity (Wildman–Crippen MR) is 114 cm³/mol. The normalized spacial score (nSPS) is 17.1. The van der Waals surface area contributed by atoms with Gasteiger partial charge in [-0.3, -0.25) is 4.79 Å². The Bertz CT molecular complexity index is 1190. The van der Waals surface area contributed by atoms with Gasteiger partial charge in [0.05, 0.1) is 5.69 Å². The Morgan fingerprint density at radius 3 is 2.48 bits per heavy atom. The number of fused-ring (bicyclic) bond motifs is 1. The van der Waals surface area contributed by atoms with Gasteiger partial charge >= 0.3 is 0 Å². The highest BCUT2D eigenvalue weighted by atomic mass is 35.5. The van der Waals surface area contributed by atoms with Crippen molar-refractivity contribution in [2.75, 3.05) is 10.6 Å². The Hall–Kier alpha value is -2.87. The van der Waals surface area contributed by atoms with Crippen LogP contribution in [0.3, 0.4) is 0 Å². The van der Waals surface area contributed by atoms with E-state index in [9.17, 15) is 13.2 Å². The first-order valence-electron chi connectivity index (χ1n) is 8.89. The van der Waals surface area contributed by atoms with Crippen LogP contribution in [0, 0.1) is 6.92 Å². The van der Waals surface area contributed by atoms with Crippen LogP contribution in [0.1, 0.15) is 27.7 Å². The Balaban J connectivity index is 1.52. The monoisotopic (exact) mass is 427 g/mol. The molecule has 1 aliphatic heterocycles. The van der Waals surface area contributed by atoms with Gasteiger partial charge in [-0.2, -0.15) is 4.72 Å². The number of benzene rings is 3. The fourth-order valence-corrected chi connectivity index (χ4v) is 4.56. The summed E-state index contributed by atoms with van der Waals surface area (Å²) in [6, 6.07) is 18.8. The van der Waals surface area contributed by atoms with E-state index in [2.05, 4.69) is 15.4 Å². The Kier molecular flexibility index (Phi) is 5.04. The maximum atomic E-state index is 12.5. The van der Waals surface area contributed by atoms with Crippen LogP contribution in [0.5, 0.6) is 0 Å². The zero-order chi connectivity index (χ0) is 20.6. The maximum Gasteiger partial charge on any atom is 0.255 e. The Morgan fingerprint density at radius 1 is 1.03 bits per heavy atom. The SMILES string of the molecule is Cc1ccc(NC(=O)c2ccc([C@@H]3Nc4ccccc4S(=O)(=O)N3)cc2)cc1Cl. The molecule has 0 bridgehead atoms. The van der Waals surface area contributed by atoms with Gasteiger partial charge in [0.25, 0.3) is 5.91 Å². The molecule has 0 saturated heterocycles. The van der Waals surface area contributed by atoms with Crippen molar-refractivity contribution in [3.63, 3.8) is 0 Å². The largest absolute Gasteiger partial charge is 0.364 e. The summed E-state index contributed by atoms with van der Waals surface area (Å²) >= 11 is 6.09. The Morgan fingerprint density at radius 2 is 1.76 bits per heavy atom. The maximum absolute atomic E-state index is 12.5. The molecule has 0 unspecified atom stereocenters. The van der Waals surface area contributed by atoms with Crippen LogP contribution in [0.4, 0.5) is 11.4 Å². The van der Waals surface area contributed by atoms with Crippen molar-refractivity contribution in [1.82, 2.24) is 4.72 Å². The molecule has 8 heteroatoms. The predicted octanol–water partition coefficient (Wildman–Crippen LogP) is 4.30. The first-order valence-corrected chi connectivity index (χ1v) is 10.7. The summed E-state index contributed by atoms with van der Waals surface area (Å²) in [5.74, 6) is -0.279. The van der Waals surface area contributed by atoms with E-state index in [0.29, 0.717) is 27.5 Å². The molecule has 1 aliphatic rings. The molecule has 0 aromatic heterocycles. The van der Waals surface area contributed by atoms with E-state index >= 15 is 0 Å². The number of halogens is 1. The van der Waals surface area contributed by atoms with Crippen LogP contribution in [-0.2, 0) is 10.0 Å². The lowest BCUT2D eigenvalue weighted by Gasteiger charge is -2.28. The second-order valence-electron chi connectivity index (χ2n) is 6.73. The third-order valence-electron chi connectivity index (χ3n) is 4.69. The molecular weight excluding hydrogens is 410 g/mol. The summed E-state index contributed by atoms with van der Waals surface area (Å²) in [5.41, 5.74) is 3.21. The molecule has 1 atom stereocenters. The second-order valence-corrected chi connectivity index (χ2v) is 8.82. The molecule has 3 aromatic carbocycles. The molecule has 148 valence electrons. The van der Waals surface area contributed by atoms with Crippen LogP contribution in [0.15, 0.2) is 71.6 Å². The van der Waals surface area contributed by atoms with Gasteiger partial charge in [0.1, 0.15) is 11.1 Å². The number of nitrogens with one attached hydrogen (secondary N) is 3. The average Bonchev–Trinajstić information content (AvgIpc) is 2.70. The van der Waals surface area contributed by atoms with E-state index in [1.807, 2.05) is 13.0 Å². The fourth-order valence-electron chi connectivity index (χ4n) is 3.08. The van der Waals surface area contributed by atoms with E-state index in [0.717, 1.165) is 5.56 Å². The standard InChI is InChI=1S/C21H18ClN3O3S/c1-13-6-11-16(12-17(13)22)23-21(26)15-9-7-14(8-10-15)20-24-18-4-2-3-5-19(18)29(27,28)25-20/h2-12,20,24-25H,1H3,(H,23,26)/t20-/m1/s1. The van der Waals surface area contributed by atoms with E-state index in [4.69, 9.17) is 11.6 Å². The van der Waals surface area contributed by atoms with Gasteiger partial charge in [0, 0.05) is 16.3 Å². The Labute approximate surface area is 174 Å². The number of aryl methyl sites for hydroxylation is 1. The molecule has 1 heterocycles. The first-order chi connectivity index (χ1) is 13.8. The van der Waals surface area contributed by atoms with E-state index in [1.165, 1.54) is 0 Å². The number of hydrogen-bond donors (Lipinski definition) is 3. The van der Waals surface area contributed by atoms with Crippen LogP contribution in [0.25, 0.3) is 0 Å². The van der Waals surface area contributed by atoms with E-state index < -0.39 is 16.2 Å². The van der Waals surface area contributed by atoms with Crippen LogP contribution in [-0.4, -0.2) is 14.3 Å². The zero-order valence-electron chi connectivity index (χ0n) is 15.4. The minimum atomic E-state index is -3.62. The smallest absolute Gasteiger partial charge is 0.255 e. The summed E-state index contributed by atoms with van der Waals surface area (Å²) in [7, 11) is -3.62. The molecule has 3 aromatic rings. The minimum Gasteiger partial charge on any atom is -0.364 e. The van der Waals surface area contributed by atoms with E-state index in [1.54, 1.807) is 60.7 Å². The number of carbonyl (C=O) groups excluding carboxylic acids is 1. The number of para-hydroxylation sites is 1. The third kappa shape index (κ3) is 3.98. The van der Waals surface area contributed by atoms with E-state index in [-0.39, 0.29) is 10.8 Å². The molecular formula is C21H18ClN3O3S. The average molecular weight is 428 g/mol. The lowest BCUT2D eigenvalue weighted by Crippen LogP contribution is -2.38. The van der Waals surface area contributed by atoms with Crippen LogP contribution < -0.4 is 15.4 Å². The van der Waals surface area contributed by atoms with Crippen molar-refractivity contribution in [2.24, 2.45) is 0 Å². The summed E-state index contributed by atoms with van der Waals surface area (Å²) in [5, 5.41) is 6.54. The van der Waals surface area contributed by atoms with Gasteiger partial charge in [-0.05, 0) is 54.4 Å². The lowest BCUT2D eigenvalue weighted by molar-refractivity contribution is 0.102. The summed E-state index contributed by atoms with van der Waals surface area (Å²) in [6.07, 6.45) is -0.622. The second kappa shape index (κ2) is 7.51. The number of carbonyl (C=O) groups is 1. The third-order valence-corrected chi connectivity index (χ3v) is 6.57. The highest BCUT2D eigenvalue weighted by molar-refractivity contribution is 7.89. The molecule has 4 rings (SSSR count). The first kappa shape index (κ1) is 19.4. The molecule has 0 spiro atoms. The molecule has 0 radical (unpaired) electrons. The summed E-state index contributed by atoms with van der Waals surface area (Å²) in [4.78, 5) is 12.7. The number of amides is 1. The van der Waals surface area contributed by atoms with Gasteiger partial charge in [-0.25, -0.2) is 8.42 Å². The van der Waals surface area contributed by atoms with Crippen molar-refractivity contribution < 1.29 is 13.2 Å². The van der Waals surface area contributed by atoms with Crippen molar-refractivity contribution in [1.29, 1.82) is 0 Å². The highest BCUT2D eigenvalue weighted by Gasteiger charge is 2.29. The lowest BCUT2D eigenvalue weighted by atomic mass is 10.1. The summed E-state index contributed by atoms with van der Waals surface area (Å²) < 4.78 is 27.5. The van der Waals surface area contributed by atoms with Gasteiger partial charge in [0.15, 0.2) is 0 Å². The minimum absolute atomic E-state index is 0.212. The molecule has 6 nitrogen and oxygen atoms in total. The van der Waals surface area contributed by atoms with Crippen molar-refractivity contribution in [3.8, 4) is 0 Å². The van der Waals surface area contributed by atoms with Gasteiger partial charge in [0.2, 0.25) is 10.0 Å².